The van der Waals surface area contributed by atoms with Gasteiger partial charge in [-0.25, -0.2) is 0 Å². The summed E-state index contributed by atoms with van der Waals surface area (Å²) < 4.78 is 5.14. The van der Waals surface area contributed by atoms with Gasteiger partial charge in [0.05, 0.1) is 29.7 Å². The number of ether oxygens (including phenoxy) is 1. The minimum Gasteiger partial charge on any atom is -0.497 e. The summed E-state index contributed by atoms with van der Waals surface area (Å²) in [6.07, 6.45) is 0. The Bertz CT molecular complexity index is 650. The average Bonchev–Trinajstić information content (AvgIpc) is 2.41. The number of nitrogens with two attached hydrogens (primary N) is 1. The van der Waals surface area contributed by atoms with Crippen LogP contribution in [-0.4, -0.2) is 7.11 Å². The molecule has 0 spiro atoms. The Morgan fingerprint density at radius 2 is 2.00 bits per heavy atom. The van der Waals surface area contributed by atoms with E-state index in [1.807, 2.05) is 0 Å². The number of nitrogens with zero attached hydrogens (tertiary/aromatic N) is 1. The zero-order chi connectivity index (χ0) is 13.8. The first-order valence-electron chi connectivity index (χ1n) is 5.54. The van der Waals surface area contributed by atoms with Gasteiger partial charge in [0.25, 0.3) is 0 Å². The molecule has 2 rings (SSSR count). The highest BCUT2D eigenvalue weighted by Gasteiger charge is 2.06. The van der Waals surface area contributed by atoms with Crippen LogP contribution in [0.25, 0.3) is 0 Å². The molecule has 0 bridgehead atoms. The quantitative estimate of drug-likeness (QED) is 0.839. The number of anilines is 3. The van der Waals surface area contributed by atoms with Gasteiger partial charge in [0.2, 0.25) is 0 Å². The first-order chi connectivity index (χ1) is 9.13. The molecule has 0 unspecified atom stereocenters. The standard InChI is InChI=1S/C14H12ClN3O/c1-19-11-4-5-12(17)14(7-11)18-13-6-10(15)3-2-9(13)8-16/h2-7,18H,17H2,1H3. The summed E-state index contributed by atoms with van der Waals surface area (Å²) in [7, 11) is 1.58. The predicted molar refractivity (Wildman–Crippen MR) is 76.9 cm³/mol. The van der Waals surface area contributed by atoms with Crippen LogP contribution in [0, 0.1) is 11.3 Å². The van der Waals surface area contributed by atoms with Crippen LogP contribution in [0.1, 0.15) is 5.56 Å². The number of halogens is 1. The van der Waals surface area contributed by atoms with Crippen LogP contribution in [0.15, 0.2) is 36.4 Å². The van der Waals surface area contributed by atoms with Crippen LogP contribution >= 0.6 is 11.6 Å². The first-order valence-corrected chi connectivity index (χ1v) is 5.92. The number of hydrogen-bond donors (Lipinski definition) is 2. The van der Waals surface area contributed by atoms with Crippen LogP contribution in [0.4, 0.5) is 17.1 Å². The minimum atomic E-state index is 0.492. The summed E-state index contributed by atoms with van der Waals surface area (Å²) in [4.78, 5) is 0. The number of benzene rings is 2. The lowest BCUT2D eigenvalue weighted by molar-refractivity contribution is 0.415. The smallest absolute Gasteiger partial charge is 0.121 e. The number of nitriles is 1. The Labute approximate surface area is 116 Å². The van der Waals surface area contributed by atoms with Crippen molar-refractivity contribution in [2.75, 3.05) is 18.2 Å². The lowest BCUT2D eigenvalue weighted by Crippen LogP contribution is -1.99. The van der Waals surface area contributed by atoms with Crippen LogP contribution in [-0.2, 0) is 0 Å². The number of nitrogens with one attached hydrogen (secondary N) is 1. The van der Waals surface area contributed by atoms with Crippen LogP contribution in [0.3, 0.4) is 0 Å². The molecule has 0 fully saturated rings. The molecule has 96 valence electrons. The third-order valence-electron chi connectivity index (χ3n) is 2.63. The highest BCUT2D eigenvalue weighted by Crippen LogP contribution is 2.30. The van der Waals surface area contributed by atoms with Crippen molar-refractivity contribution in [3.63, 3.8) is 0 Å². The predicted octanol–water partition coefficient (Wildman–Crippen LogP) is 3.55. The Kier molecular flexibility index (Phi) is 3.79. The summed E-state index contributed by atoms with van der Waals surface area (Å²) >= 11 is 5.93. The first kappa shape index (κ1) is 13.1. The van der Waals surface area contributed by atoms with Crippen molar-refractivity contribution in [1.29, 1.82) is 5.26 Å². The molecule has 2 aromatic rings. The molecule has 0 radical (unpaired) electrons. The minimum absolute atomic E-state index is 0.492. The molecule has 0 atom stereocenters. The fourth-order valence-corrected chi connectivity index (χ4v) is 1.81. The fourth-order valence-electron chi connectivity index (χ4n) is 1.63. The average molecular weight is 274 g/mol. The zero-order valence-electron chi connectivity index (χ0n) is 10.3. The maximum atomic E-state index is 9.07. The molecule has 0 aliphatic heterocycles. The number of hydrogen-bond acceptors (Lipinski definition) is 4. The highest BCUT2D eigenvalue weighted by molar-refractivity contribution is 6.30. The molecule has 0 amide bonds. The van der Waals surface area contributed by atoms with Gasteiger partial charge in [-0.3, -0.25) is 0 Å². The van der Waals surface area contributed by atoms with Crippen molar-refractivity contribution < 1.29 is 4.74 Å². The van der Waals surface area contributed by atoms with E-state index in [1.165, 1.54) is 0 Å². The van der Waals surface area contributed by atoms with Gasteiger partial charge in [-0.15, -0.1) is 0 Å². The van der Waals surface area contributed by atoms with E-state index in [1.54, 1.807) is 43.5 Å². The van der Waals surface area contributed by atoms with Gasteiger partial charge < -0.3 is 15.8 Å². The molecule has 4 nitrogen and oxygen atoms in total. The second-order valence-corrected chi connectivity index (χ2v) is 4.32. The monoisotopic (exact) mass is 273 g/mol. The van der Waals surface area contributed by atoms with E-state index >= 15 is 0 Å². The summed E-state index contributed by atoms with van der Waals surface area (Å²) in [5, 5.41) is 12.7. The third-order valence-corrected chi connectivity index (χ3v) is 2.87. The van der Waals surface area contributed by atoms with Gasteiger partial charge in [0, 0.05) is 11.1 Å². The number of methoxy groups -OCH3 is 1. The van der Waals surface area contributed by atoms with Crippen molar-refractivity contribution >= 4 is 28.7 Å². The van der Waals surface area contributed by atoms with Crippen LogP contribution in [0.5, 0.6) is 5.75 Å². The van der Waals surface area contributed by atoms with Crippen molar-refractivity contribution in [1.82, 2.24) is 0 Å². The van der Waals surface area contributed by atoms with Gasteiger partial charge in [0.15, 0.2) is 0 Å². The molecule has 0 heterocycles. The van der Waals surface area contributed by atoms with Gasteiger partial charge >= 0.3 is 0 Å². The van der Waals surface area contributed by atoms with Gasteiger partial charge in [-0.05, 0) is 30.3 Å². The summed E-state index contributed by atoms with van der Waals surface area (Å²) in [6.45, 7) is 0. The van der Waals surface area contributed by atoms with Crippen molar-refractivity contribution in [2.45, 2.75) is 0 Å². The zero-order valence-corrected chi connectivity index (χ0v) is 11.0. The van der Waals surface area contributed by atoms with Crippen molar-refractivity contribution in [3.8, 4) is 11.8 Å². The Morgan fingerprint density at radius 1 is 1.21 bits per heavy atom. The second-order valence-electron chi connectivity index (χ2n) is 3.88. The molecule has 2 aromatic carbocycles. The van der Waals surface area contributed by atoms with E-state index in [0.717, 1.165) is 0 Å². The molecule has 19 heavy (non-hydrogen) atoms. The van der Waals surface area contributed by atoms with Crippen LogP contribution < -0.4 is 15.8 Å². The van der Waals surface area contributed by atoms with E-state index in [-0.39, 0.29) is 0 Å². The van der Waals surface area contributed by atoms with E-state index in [4.69, 9.17) is 27.3 Å². The lowest BCUT2D eigenvalue weighted by atomic mass is 10.1. The molecule has 5 heteroatoms. The summed E-state index contributed by atoms with van der Waals surface area (Å²) in [5.74, 6) is 0.678. The molecule has 0 saturated carbocycles. The SMILES string of the molecule is COc1ccc(N)c(Nc2cc(Cl)ccc2C#N)c1. The molecule has 0 saturated heterocycles. The van der Waals surface area contributed by atoms with Crippen molar-refractivity contribution in [3.05, 3.63) is 47.0 Å². The topological polar surface area (TPSA) is 71.1 Å². The second kappa shape index (κ2) is 5.51. The maximum absolute atomic E-state index is 9.07. The number of rotatable bonds is 3. The largest absolute Gasteiger partial charge is 0.497 e. The van der Waals surface area contributed by atoms with E-state index in [9.17, 15) is 0 Å². The van der Waals surface area contributed by atoms with E-state index in [0.29, 0.717) is 33.4 Å². The molecule has 0 aliphatic rings. The Hall–Kier alpha value is -2.38. The normalized spacial score (nSPS) is 9.74. The molecule has 0 aromatic heterocycles. The van der Waals surface area contributed by atoms with Crippen LogP contribution in [0.2, 0.25) is 5.02 Å². The van der Waals surface area contributed by atoms with Crippen molar-refractivity contribution in [2.24, 2.45) is 0 Å². The Balaban J connectivity index is 2.41. The van der Waals surface area contributed by atoms with Gasteiger partial charge in [-0.1, -0.05) is 11.6 Å². The molecule has 0 aliphatic carbocycles. The van der Waals surface area contributed by atoms with E-state index < -0.39 is 0 Å². The molecular formula is C14H12ClN3O. The molecular weight excluding hydrogens is 262 g/mol. The molecule has 3 N–H and O–H groups in total. The summed E-state index contributed by atoms with van der Waals surface area (Å²) in [5.41, 5.74) is 8.21. The third kappa shape index (κ3) is 2.90. The Morgan fingerprint density at radius 3 is 2.68 bits per heavy atom. The fraction of sp³-hybridized carbons (Fsp3) is 0.0714. The number of nitrogen functional groups attached to an aromatic ring is 1. The maximum Gasteiger partial charge on any atom is 0.121 e. The van der Waals surface area contributed by atoms with Gasteiger partial charge in [-0.2, -0.15) is 5.26 Å². The van der Waals surface area contributed by atoms with Gasteiger partial charge in [0.1, 0.15) is 11.8 Å². The van der Waals surface area contributed by atoms with E-state index in [2.05, 4.69) is 11.4 Å². The summed E-state index contributed by atoms with van der Waals surface area (Å²) in [6, 6.07) is 12.4. The lowest BCUT2D eigenvalue weighted by Gasteiger charge is -2.12. The highest BCUT2D eigenvalue weighted by atomic mass is 35.5.